The van der Waals surface area contributed by atoms with Gasteiger partial charge in [-0.2, -0.15) is 0 Å². The van der Waals surface area contributed by atoms with Gasteiger partial charge in [0, 0.05) is 0 Å². The van der Waals surface area contributed by atoms with Crippen LogP contribution in [0.25, 0.3) is 0 Å². The van der Waals surface area contributed by atoms with Crippen molar-refractivity contribution in [2.45, 2.75) is 12.3 Å². The number of hydrogen-bond acceptors (Lipinski definition) is 5. The fraction of sp³-hybridized carbons (Fsp3) is 0.250. The molecule has 0 atom stereocenters. The van der Waals surface area contributed by atoms with E-state index < -0.39 is 9.84 Å². The molecule has 2 aromatic rings. The van der Waals surface area contributed by atoms with E-state index in [-0.39, 0.29) is 11.5 Å². The zero-order valence-corrected chi connectivity index (χ0v) is 11.1. The SMILES string of the molecule is C=CCS(=O)(=O)Cc1nnnn1Cc1ccccc1. The van der Waals surface area contributed by atoms with Crippen molar-refractivity contribution >= 4 is 9.84 Å². The van der Waals surface area contributed by atoms with E-state index in [1.807, 2.05) is 30.3 Å². The van der Waals surface area contributed by atoms with Gasteiger partial charge in [-0.3, -0.25) is 0 Å². The Morgan fingerprint density at radius 3 is 2.68 bits per heavy atom. The summed E-state index contributed by atoms with van der Waals surface area (Å²) in [7, 11) is -3.25. The van der Waals surface area contributed by atoms with Gasteiger partial charge in [-0.1, -0.05) is 36.4 Å². The Balaban J connectivity index is 2.17. The summed E-state index contributed by atoms with van der Waals surface area (Å²) < 4.78 is 24.9. The second-order valence-corrected chi connectivity index (χ2v) is 6.19. The fourth-order valence-electron chi connectivity index (χ4n) is 1.64. The molecular formula is C12H14N4O2S. The molecular weight excluding hydrogens is 264 g/mol. The van der Waals surface area contributed by atoms with E-state index in [0.29, 0.717) is 12.4 Å². The van der Waals surface area contributed by atoms with Crippen molar-refractivity contribution in [3.05, 3.63) is 54.4 Å². The highest BCUT2D eigenvalue weighted by atomic mass is 32.2. The highest BCUT2D eigenvalue weighted by Gasteiger charge is 2.16. The van der Waals surface area contributed by atoms with Crippen LogP contribution in [-0.2, 0) is 22.1 Å². The van der Waals surface area contributed by atoms with E-state index >= 15 is 0 Å². The maximum Gasteiger partial charge on any atom is 0.166 e. The molecule has 7 heteroatoms. The minimum absolute atomic E-state index is 0.0782. The Morgan fingerprint density at radius 2 is 2.00 bits per heavy atom. The van der Waals surface area contributed by atoms with Crippen molar-refractivity contribution in [2.75, 3.05) is 5.75 Å². The third-order valence-corrected chi connectivity index (χ3v) is 3.94. The summed E-state index contributed by atoms with van der Waals surface area (Å²) in [6, 6.07) is 9.60. The molecule has 1 aromatic heterocycles. The summed E-state index contributed by atoms with van der Waals surface area (Å²) in [4.78, 5) is 0. The van der Waals surface area contributed by atoms with Crippen LogP contribution >= 0.6 is 0 Å². The van der Waals surface area contributed by atoms with E-state index in [2.05, 4.69) is 22.1 Å². The monoisotopic (exact) mass is 278 g/mol. The summed E-state index contributed by atoms with van der Waals surface area (Å²) in [5, 5.41) is 11.1. The Morgan fingerprint density at radius 1 is 1.26 bits per heavy atom. The molecule has 0 amide bonds. The van der Waals surface area contributed by atoms with Gasteiger partial charge in [0.15, 0.2) is 15.7 Å². The number of tetrazole rings is 1. The van der Waals surface area contributed by atoms with E-state index in [0.717, 1.165) is 5.56 Å². The van der Waals surface area contributed by atoms with Crippen LogP contribution in [0.1, 0.15) is 11.4 Å². The van der Waals surface area contributed by atoms with Gasteiger partial charge in [0.2, 0.25) is 0 Å². The molecule has 100 valence electrons. The van der Waals surface area contributed by atoms with Crippen LogP contribution in [0.5, 0.6) is 0 Å². The van der Waals surface area contributed by atoms with E-state index in [9.17, 15) is 8.42 Å². The average molecular weight is 278 g/mol. The number of nitrogens with zero attached hydrogens (tertiary/aromatic N) is 4. The predicted octanol–water partition coefficient (Wildman–Crippen LogP) is 0.822. The summed E-state index contributed by atoms with van der Waals surface area (Å²) in [6.45, 7) is 3.88. The molecule has 0 fully saturated rings. The number of aromatic nitrogens is 4. The number of sulfone groups is 1. The lowest BCUT2D eigenvalue weighted by Crippen LogP contribution is -2.14. The van der Waals surface area contributed by atoms with Gasteiger partial charge in [0.25, 0.3) is 0 Å². The Bertz CT molecular complexity index is 649. The van der Waals surface area contributed by atoms with Crippen LogP contribution in [0.2, 0.25) is 0 Å². The second kappa shape index (κ2) is 5.75. The molecule has 2 rings (SSSR count). The molecule has 0 saturated heterocycles. The van der Waals surface area contributed by atoms with Crippen LogP contribution in [-0.4, -0.2) is 34.4 Å². The van der Waals surface area contributed by atoms with Gasteiger partial charge in [-0.15, -0.1) is 11.7 Å². The molecule has 0 spiro atoms. The molecule has 19 heavy (non-hydrogen) atoms. The van der Waals surface area contributed by atoms with E-state index in [1.165, 1.54) is 10.8 Å². The molecule has 0 aliphatic carbocycles. The quantitative estimate of drug-likeness (QED) is 0.731. The zero-order chi connectivity index (χ0) is 13.7. The molecule has 0 saturated carbocycles. The van der Waals surface area contributed by atoms with Crippen molar-refractivity contribution in [3.8, 4) is 0 Å². The molecule has 6 nitrogen and oxygen atoms in total. The molecule has 0 unspecified atom stereocenters. The van der Waals surface area contributed by atoms with Crippen molar-refractivity contribution in [3.63, 3.8) is 0 Å². The third-order valence-electron chi connectivity index (χ3n) is 2.50. The largest absolute Gasteiger partial charge is 0.228 e. The third kappa shape index (κ3) is 3.72. The van der Waals surface area contributed by atoms with Crippen molar-refractivity contribution < 1.29 is 8.42 Å². The smallest absolute Gasteiger partial charge is 0.166 e. The summed E-state index contributed by atoms with van der Waals surface area (Å²) in [6.07, 6.45) is 1.36. The lowest BCUT2D eigenvalue weighted by molar-refractivity contribution is 0.588. The molecule has 0 radical (unpaired) electrons. The van der Waals surface area contributed by atoms with Gasteiger partial charge in [-0.25, -0.2) is 13.1 Å². The topological polar surface area (TPSA) is 77.7 Å². The van der Waals surface area contributed by atoms with Crippen LogP contribution in [0.4, 0.5) is 0 Å². The molecule has 0 aliphatic heterocycles. The van der Waals surface area contributed by atoms with Gasteiger partial charge in [0.1, 0.15) is 5.75 Å². The molecule has 0 bridgehead atoms. The lowest BCUT2D eigenvalue weighted by atomic mass is 10.2. The maximum atomic E-state index is 11.7. The van der Waals surface area contributed by atoms with Gasteiger partial charge >= 0.3 is 0 Å². The van der Waals surface area contributed by atoms with Gasteiger partial charge in [0.05, 0.1) is 12.3 Å². The van der Waals surface area contributed by atoms with E-state index in [4.69, 9.17) is 0 Å². The maximum absolute atomic E-state index is 11.7. The Labute approximate surface area is 111 Å². The first kappa shape index (κ1) is 13.4. The van der Waals surface area contributed by atoms with Gasteiger partial charge < -0.3 is 0 Å². The summed E-state index contributed by atoms with van der Waals surface area (Å²) >= 11 is 0. The van der Waals surface area contributed by atoms with Crippen molar-refractivity contribution in [2.24, 2.45) is 0 Å². The summed E-state index contributed by atoms with van der Waals surface area (Å²) in [5.74, 6) is 0.0787. The molecule has 1 aromatic carbocycles. The van der Waals surface area contributed by atoms with Crippen LogP contribution < -0.4 is 0 Å². The van der Waals surface area contributed by atoms with Crippen molar-refractivity contribution in [1.29, 1.82) is 0 Å². The van der Waals surface area contributed by atoms with Crippen molar-refractivity contribution in [1.82, 2.24) is 20.2 Å². The first-order chi connectivity index (χ1) is 9.11. The highest BCUT2D eigenvalue weighted by molar-refractivity contribution is 7.90. The minimum atomic E-state index is -3.25. The normalized spacial score (nSPS) is 11.4. The molecule has 0 aliphatic rings. The highest BCUT2D eigenvalue weighted by Crippen LogP contribution is 2.06. The first-order valence-electron chi connectivity index (χ1n) is 5.71. The Kier molecular flexibility index (Phi) is 4.06. The minimum Gasteiger partial charge on any atom is -0.228 e. The fourth-order valence-corrected chi connectivity index (χ4v) is 2.72. The second-order valence-electron chi connectivity index (χ2n) is 4.08. The van der Waals surface area contributed by atoms with Crippen LogP contribution in [0, 0.1) is 0 Å². The lowest BCUT2D eigenvalue weighted by Gasteiger charge is -2.04. The average Bonchev–Trinajstić information content (AvgIpc) is 2.77. The first-order valence-corrected chi connectivity index (χ1v) is 7.53. The van der Waals surface area contributed by atoms with Gasteiger partial charge in [-0.05, 0) is 16.0 Å². The Hall–Kier alpha value is -2.02. The molecule has 0 N–H and O–H groups in total. The predicted molar refractivity (Wildman–Crippen MR) is 71.0 cm³/mol. The van der Waals surface area contributed by atoms with Crippen LogP contribution in [0.15, 0.2) is 43.0 Å². The standard InChI is InChI=1S/C12H14N4O2S/c1-2-8-19(17,18)10-12-13-14-15-16(12)9-11-6-4-3-5-7-11/h2-7H,1,8-10H2. The van der Waals surface area contributed by atoms with E-state index in [1.54, 1.807) is 0 Å². The summed E-state index contributed by atoms with van der Waals surface area (Å²) in [5.41, 5.74) is 1.01. The number of rotatable bonds is 6. The number of benzene rings is 1. The zero-order valence-electron chi connectivity index (χ0n) is 10.3. The van der Waals surface area contributed by atoms with Crippen LogP contribution in [0.3, 0.4) is 0 Å². The molecule has 1 heterocycles. The number of hydrogen-bond donors (Lipinski definition) is 0.